The Hall–Kier alpha value is -1.62. The van der Waals surface area contributed by atoms with E-state index in [9.17, 15) is 0 Å². The Morgan fingerprint density at radius 2 is 2.07 bits per heavy atom. The van der Waals surface area contributed by atoms with Gasteiger partial charge in [-0.05, 0) is 12.1 Å². The highest BCUT2D eigenvalue weighted by atomic mass is 15.3. The van der Waals surface area contributed by atoms with E-state index in [2.05, 4.69) is 26.4 Å². The van der Waals surface area contributed by atoms with Crippen LogP contribution in [-0.2, 0) is 0 Å². The van der Waals surface area contributed by atoms with E-state index in [1.165, 1.54) is 5.69 Å². The van der Waals surface area contributed by atoms with Crippen molar-refractivity contribution in [3.63, 3.8) is 0 Å². The van der Waals surface area contributed by atoms with Gasteiger partial charge in [0.15, 0.2) is 5.65 Å². The first-order chi connectivity index (χ1) is 7.43. The van der Waals surface area contributed by atoms with Crippen molar-refractivity contribution in [3.8, 4) is 0 Å². The summed E-state index contributed by atoms with van der Waals surface area (Å²) < 4.78 is 1.82. The summed E-state index contributed by atoms with van der Waals surface area (Å²) in [5.41, 5.74) is 2.11. The predicted octanol–water partition coefficient (Wildman–Crippen LogP) is 0.139. The second-order valence-electron chi connectivity index (χ2n) is 3.69. The molecule has 0 amide bonds. The van der Waals surface area contributed by atoms with Crippen LogP contribution in [0.4, 0.5) is 5.69 Å². The third-order valence-corrected chi connectivity index (χ3v) is 2.74. The molecule has 1 aliphatic heterocycles. The SMILES string of the molecule is c1nc2ccc(N3CCNCC3)cn2n1. The maximum absolute atomic E-state index is 4.14. The molecule has 3 rings (SSSR count). The highest BCUT2D eigenvalue weighted by Gasteiger charge is 2.10. The molecule has 2 aromatic rings. The van der Waals surface area contributed by atoms with Crippen molar-refractivity contribution in [1.29, 1.82) is 0 Å². The summed E-state index contributed by atoms with van der Waals surface area (Å²) in [4.78, 5) is 6.48. The smallest absolute Gasteiger partial charge is 0.155 e. The van der Waals surface area contributed by atoms with E-state index >= 15 is 0 Å². The zero-order chi connectivity index (χ0) is 10.1. The van der Waals surface area contributed by atoms with Crippen LogP contribution in [0.3, 0.4) is 0 Å². The van der Waals surface area contributed by atoms with Crippen molar-refractivity contribution in [2.45, 2.75) is 0 Å². The quantitative estimate of drug-likeness (QED) is 0.716. The number of hydrogen-bond donors (Lipinski definition) is 1. The highest BCUT2D eigenvalue weighted by molar-refractivity contribution is 5.51. The number of hydrogen-bond acceptors (Lipinski definition) is 4. The molecule has 0 aromatic carbocycles. The predicted molar refractivity (Wildman–Crippen MR) is 58.1 cm³/mol. The van der Waals surface area contributed by atoms with Crippen LogP contribution in [0, 0.1) is 0 Å². The first-order valence-corrected chi connectivity index (χ1v) is 5.18. The normalized spacial score (nSPS) is 17.2. The maximum atomic E-state index is 4.14. The summed E-state index contributed by atoms with van der Waals surface area (Å²) in [6.07, 6.45) is 3.62. The lowest BCUT2D eigenvalue weighted by molar-refractivity contribution is 0.588. The second-order valence-corrected chi connectivity index (χ2v) is 3.69. The Morgan fingerprint density at radius 3 is 2.93 bits per heavy atom. The molecule has 5 nitrogen and oxygen atoms in total. The minimum Gasteiger partial charge on any atom is -0.368 e. The van der Waals surface area contributed by atoms with E-state index in [1.54, 1.807) is 6.33 Å². The van der Waals surface area contributed by atoms with Crippen LogP contribution < -0.4 is 10.2 Å². The molecule has 1 N–H and O–H groups in total. The van der Waals surface area contributed by atoms with Gasteiger partial charge in [-0.25, -0.2) is 9.50 Å². The number of rotatable bonds is 1. The van der Waals surface area contributed by atoms with Crippen molar-refractivity contribution in [2.75, 3.05) is 31.1 Å². The van der Waals surface area contributed by atoms with E-state index in [0.717, 1.165) is 31.8 Å². The number of nitrogens with one attached hydrogen (secondary N) is 1. The summed E-state index contributed by atoms with van der Waals surface area (Å²) in [5, 5.41) is 7.48. The first kappa shape index (κ1) is 8.67. The van der Waals surface area contributed by atoms with Gasteiger partial charge in [-0.15, -0.1) is 0 Å². The molecule has 0 radical (unpaired) electrons. The average Bonchev–Trinajstić information content (AvgIpc) is 2.77. The van der Waals surface area contributed by atoms with Gasteiger partial charge in [-0.2, -0.15) is 5.10 Å². The van der Waals surface area contributed by atoms with Crippen molar-refractivity contribution in [1.82, 2.24) is 19.9 Å². The first-order valence-electron chi connectivity index (χ1n) is 5.18. The van der Waals surface area contributed by atoms with E-state index in [0.29, 0.717) is 0 Å². The molecule has 1 saturated heterocycles. The van der Waals surface area contributed by atoms with Gasteiger partial charge in [0.2, 0.25) is 0 Å². The lowest BCUT2D eigenvalue weighted by Crippen LogP contribution is -2.43. The molecule has 2 aromatic heterocycles. The van der Waals surface area contributed by atoms with Gasteiger partial charge in [0.1, 0.15) is 6.33 Å². The van der Waals surface area contributed by atoms with Gasteiger partial charge < -0.3 is 10.2 Å². The fraction of sp³-hybridized carbons (Fsp3) is 0.400. The van der Waals surface area contributed by atoms with Crippen molar-refractivity contribution in [2.24, 2.45) is 0 Å². The summed E-state index contributed by atoms with van der Waals surface area (Å²) in [6.45, 7) is 4.21. The number of nitrogens with zero attached hydrogens (tertiary/aromatic N) is 4. The molecule has 3 heterocycles. The Bertz CT molecular complexity index is 458. The fourth-order valence-corrected chi connectivity index (χ4v) is 1.92. The lowest BCUT2D eigenvalue weighted by Gasteiger charge is -2.29. The van der Waals surface area contributed by atoms with Crippen LogP contribution in [0.25, 0.3) is 5.65 Å². The molecule has 0 bridgehead atoms. The highest BCUT2D eigenvalue weighted by Crippen LogP contribution is 2.14. The van der Waals surface area contributed by atoms with Gasteiger partial charge in [-0.1, -0.05) is 0 Å². The zero-order valence-electron chi connectivity index (χ0n) is 8.43. The number of anilines is 1. The largest absolute Gasteiger partial charge is 0.368 e. The molecule has 0 spiro atoms. The van der Waals surface area contributed by atoms with Gasteiger partial charge in [-0.3, -0.25) is 0 Å². The molecule has 1 fully saturated rings. The van der Waals surface area contributed by atoms with Crippen molar-refractivity contribution < 1.29 is 0 Å². The molecule has 0 saturated carbocycles. The Balaban J connectivity index is 1.95. The summed E-state index contributed by atoms with van der Waals surface area (Å²) in [7, 11) is 0. The minimum absolute atomic E-state index is 0.897. The van der Waals surface area contributed by atoms with Crippen LogP contribution in [0.5, 0.6) is 0 Å². The molecular formula is C10H13N5. The van der Waals surface area contributed by atoms with Crippen LogP contribution in [0.1, 0.15) is 0 Å². The van der Waals surface area contributed by atoms with Gasteiger partial charge in [0.25, 0.3) is 0 Å². The molecule has 1 aliphatic rings. The number of pyridine rings is 1. The second kappa shape index (κ2) is 3.51. The standard InChI is InChI=1S/C10H13N5/c1-2-10-12-8-13-15(10)7-9(1)14-5-3-11-4-6-14/h1-2,7-8,11H,3-6H2. The van der Waals surface area contributed by atoms with E-state index in [-0.39, 0.29) is 0 Å². The molecular weight excluding hydrogens is 190 g/mol. The molecule has 0 atom stereocenters. The Morgan fingerprint density at radius 1 is 1.20 bits per heavy atom. The Kier molecular flexibility index (Phi) is 2.03. The number of piperazine rings is 1. The van der Waals surface area contributed by atoms with E-state index in [4.69, 9.17) is 0 Å². The summed E-state index contributed by atoms with van der Waals surface area (Å²) in [6, 6.07) is 4.11. The van der Waals surface area contributed by atoms with E-state index in [1.807, 2.05) is 16.8 Å². The van der Waals surface area contributed by atoms with E-state index < -0.39 is 0 Å². The third-order valence-electron chi connectivity index (χ3n) is 2.74. The molecule has 0 unspecified atom stereocenters. The maximum Gasteiger partial charge on any atom is 0.155 e. The van der Waals surface area contributed by atoms with Crippen LogP contribution in [0.15, 0.2) is 24.7 Å². The van der Waals surface area contributed by atoms with Crippen molar-refractivity contribution >= 4 is 11.3 Å². The zero-order valence-corrected chi connectivity index (χ0v) is 8.43. The summed E-state index contributed by atoms with van der Waals surface area (Å²) in [5.74, 6) is 0. The number of aromatic nitrogens is 3. The molecule has 15 heavy (non-hydrogen) atoms. The van der Waals surface area contributed by atoms with Crippen LogP contribution >= 0.6 is 0 Å². The van der Waals surface area contributed by atoms with Gasteiger partial charge in [0, 0.05) is 26.2 Å². The molecule has 5 heteroatoms. The van der Waals surface area contributed by atoms with Gasteiger partial charge in [0.05, 0.1) is 11.9 Å². The average molecular weight is 203 g/mol. The fourth-order valence-electron chi connectivity index (χ4n) is 1.92. The van der Waals surface area contributed by atoms with Crippen molar-refractivity contribution in [3.05, 3.63) is 24.7 Å². The van der Waals surface area contributed by atoms with Crippen LogP contribution in [-0.4, -0.2) is 40.8 Å². The molecule has 78 valence electrons. The third kappa shape index (κ3) is 1.55. The monoisotopic (exact) mass is 203 g/mol. The summed E-state index contributed by atoms with van der Waals surface area (Å²) >= 11 is 0. The van der Waals surface area contributed by atoms with Gasteiger partial charge >= 0.3 is 0 Å². The Labute approximate surface area is 87.7 Å². The minimum atomic E-state index is 0.897. The number of fused-ring (bicyclic) bond motifs is 1. The van der Waals surface area contributed by atoms with Crippen LogP contribution in [0.2, 0.25) is 0 Å². The molecule has 0 aliphatic carbocycles. The topological polar surface area (TPSA) is 45.5 Å². The lowest BCUT2D eigenvalue weighted by atomic mass is 10.3.